The molecular formula is C17H20N2O5. The molecule has 3 N–H and O–H groups in total. The van der Waals surface area contributed by atoms with Crippen molar-refractivity contribution in [2.24, 2.45) is 17.8 Å². The summed E-state index contributed by atoms with van der Waals surface area (Å²) in [7, 11) is 1.51. The molecule has 2 aliphatic heterocycles. The Hall–Kier alpha value is -2.41. The number of aliphatic carboxylic acids is 1. The predicted octanol–water partition coefficient (Wildman–Crippen LogP) is 0.708. The monoisotopic (exact) mass is 332 g/mol. The van der Waals surface area contributed by atoms with Crippen molar-refractivity contribution in [2.45, 2.75) is 25.4 Å². The third-order valence-electron chi connectivity index (χ3n) is 5.17. The van der Waals surface area contributed by atoms with Gasteiger partial charge in [0.2, 0.25) is 11.8 Å². The van der Waals surface area contributed by atoms with Gasteiger partial charge in [0, 0.05) is 11.6 Å². The number of hydrogen-bond donors (Lipinski definition) is 3. The molecule has 0 aromatic heterocycles. The Bertz CT molecular complexity index is 717. The minimum atomic E-state index is -1.51. The van der Waals surface area contributed by atoms with E-state index in [0.717, 1.165) is 0 Å². The van der Waals surface area contributed by atoms with Crippen molar-refractivity contribution in [2.75, 3.05) is 7.11 Å². The molecule has 0 saturated carbocycles. The van der Waals surface area contributed by atoms with Gasteiger partial charge < -0.3 is 9.84 Å². The Labute approximate surface area is 139 Å². The number of carbonyl (C=O) groups excluding carboxylic acids is 2. The molecule has 2 heterocycles. The van der Waals surface area contributed by atoms with Gasteiger partial charge in [-0.1, -0.05) is 32.0 Å². The number of carboxylic acids is 1. The minimum absolute atomic E-state index is 0.390. The van der Waals surface area contributed by atoms with Crippen LogP contribution in [0.3, 0.4) is 0 Å². The number of ether oxygens (including phenoxy) is 1. The molecule has 2 amide bonds. The second-order valence-corrected chi connectivity index (χ2v) is 6.55. The van der Waals surface area contributed by atoms with E-state index in [4.69, 9.17) is 4.74 Å². The van der Waals surface area contributed by atoms with Crippen molar-refractivity contribution in [3.05, 3.63) is 29.8 Å². The topological polar surface area (TPSA) is 105 Å². The molecule has 1 aromatic rings. The molecule has 7 nitrogen and oxygen atoms in total. The summed E-state index contributed by atoms with van der Waals surface area (Å²) in [6.07, 6.45) is 0. The minimum Gasteiger partial charge on any atom is -0.496 e. The van der Waals surface area contributed by atoms with Gasteiger partial charge in [-0.15, -0.1) is 0 Å². The largest absolute Gasteiger partial charge is 0.496 e. The number of nitrogens with one attached hydrogen (secondary N) is 2. The van der Waals surface area contributed by atoms with Crippen LogP contribution in [-0.2, 0) is 14.4 Å². The number of rotatable bonds is 4. The summed E-state index contributed by atoms with van der Waals surface area (Å²) < 4.78 is 5.35. The van der Waals surface area contributed by atoms with Crippen LogP contribution >= 0.6 is 0 Å². The van der Waals surface area contributed by atoms with Crippen LogP contribution in [0.5, 0.6) is 5.75 Å². The number of methoxy groups -OCH3 is 1. The van der Waals surface area contributed by atoms with E-state index in [0.29, 0.717) is 11.3 Å². The van der Waals surface area contributed by atoms with Crippen LogP contribution < -0.4 is 15.4 Å². The fourth-order valence-electron chi connectivity index (χ4n) is 4.03. The van der Waals surface area contributed by atoms with E-state index < -0.39 is 41.2 Å². The summed E-state index contributed by atoms with van der Waals surface area (Å²) in [6, 6.07) is 6.50. The molecule has 0 spiro atoms. The average Bonchev–Trinajstić information content (AvgIpc) is 3.05. The lowest BCUT2D eigenvalue weighted by molar-refractivity contribution is -0.151. The van der Waals surface area contributed by atoms with Crippen LogP contribution in [0.2, 0.25) is 0 Å². The van der Waals surface area contributed by atoms with Gasteiger partial charge in [0.05, 0.1) is 18.9 Å². The summed E-state index contributed by atoms with van der Waals surface area (Å²) in [5.74, 6) is -3.70. The number of carbonyl (C=O) groups is 3. The zero-order chi connectivity index (χ0) is 17.6. The SMILES string of the molecule is COc1ccccc1C1NC(C(=O)O)(C(C)C)C2C(=O)NC(=O)C12. The second-order valence-electron chi connectivity index (χ2n) is 6.55. The number of carboxylic acid groups (broad SMARTS) is 1. The number of fused-ring (bicyclic) bond motifs is 1. The highest BCUT2D eigenvalue weighted by atomic mass is 16.5. The zero-order valence-corrected chi connectivity index (χ0v) is 13.7. The highest BCUT2D eigenvalue weighted by Gasteiger charge is 2.67. The van der Waals surface area contributed by atoms with Crippen molar-refractivity contribution < 1.29 is 24.2 Å². The Kier molecular flexibility index (Phi) is 3.83. The van der Waals surface area contributed by atoms with Crippen molar-refractivity contribution in [1.29, 1.82) is 0 Å². The van der Waals surface area contributed by atoms with Gasteiger partial charge in [-0.05, 0) is 12.0 Å². The first-order chi connectivity index (χ1) is 11.3. The molecule has 4 unspecified atom stereocenters. The number of hydrogen-bond acceptors (Lipinski definition) is 5. The van der Waals surface area contributed by atoms with Crippen LogP contribution in [0.25, 0.3) is 0 Å². The molecule has 2 fully saturated rings. The van der Waals surface area contributed by atoms with Crippen molar-refractivity contribution >= 4 is 17.8 Å². The standard InChI is InChI=1S/C17H20N2O5/c1-8(2)17(16(22)23)12-11(14(20)18-15(12)21)13(19-17)9-6-4-5-7-10(9)24-3/h4-8,11-13,19H,1-3H3,(H,22,23)(H,18,20,21). The predicted molar refractivity (Wildman–Crippen MR) is 84.2 cm³/mol. The summed E-state index contributed by atoms with van der Waals surface area (Å²) >= 11 is 0. The van der Waals surface area contributed by atoms with E-state index >= 15 is 0 Å². The molecule has 0 bridgehead atoms. The molecule has 7 heteroatoms. The molecule has 24 heavy (non-hydrogen) atoms. The van der Waals surface area contributed by atoms with Crippen LogP contribution in [-0.4, -0.2) is 35.5 Å². The van der Waals surface area contributed by atoms with Crippen molar-refractivity contribution in [3.8, 4) is 5.75 Å². The number of imide groups is 1. The lowest BCUT2D eigenvalue weighted by atomic mass is 9.73. The zero-order valence-electron chi connectivity index (χ0n) is 13.7. The van der Waals surface area contributed by atoms with Gasteiger partial charge in [0.25, 0.3) is 0 Å². The second kappa shape index (κ2) is 5.59. The van der Waals surface area contributed by atoms with E-state index in [1.807, 2.05) is 0 Å². The molecule has 0 radical (unpaired) electrons. The lowest BCUT2D eigenvalue weighted by Crippen LogP contribution is -2.59. The molecule has 128 valence electrons. The lowest BCUT2D eigenvalue weighted by Gasteiger charge is -2.33. The summed E-state index contributed by atoms with van der Waals surface area (Å²) in [5, 5.41) is 15.3. The van der Waals surface area contributed by atoms with Crippen LogP contribution in [0.1, 0.15) is 25.5 Å². The highest BCUT2D eigenvalue weighted by molar-refractivity contribution is 6.09. The molecule has 4 atom stereocenters. The first kappa shape index (κ1) is 16.4. The molecule has 2 aliphatic rings. The van der Waals surface area contributed by atoms with Crippen LogP contribution in [0, 0.1) is 17.8 Å². The van der Waals surface area contributed by atoms with Gasteiger partial charge >= 0.3 is 5.97 Å². The maximum Gasteiger partial charge on any atom is 0.325 e. The number of benzene rings is 1. The summed E-state index contributed by atoms with van der Waals surface area (Å²) in [5.41, 5.74) is -0.837. The molecule has 1 aromatic carbocycles. The van der Waals surface area contributed by atoms with E-state index in [1.54, 1.807) is 38.1 Å². The highest BCUT2D eigenvalue weighted by Crippen LogP contribution is 2.50. The molecule has 3 rings (SSSR count). The third-order valence-corrected chi connectivity index (χ3v) is 5.17. The van der Waals surface area contributed by atoms with E-state index in [1.165, 1.54) is 7.11 Å². The summed E-state index contributed by atoms with van der Waals surface area (Å²) in [4.78, 5) is 36.8. The summed E-state index contributed by atoms with van der Waals surface area (Å²) in [6.45, 7) is 3.47. The number of amides is 2. The van der Waals surface area contributed by atoms with Crippen molar-refractivity contribution in [3.63, 3.8) is 0 Å². The quantitative estimate of drug-likeness (QED) is 0.701. The van der Waals surface area contributed by atoms with Crippen molar-refractivity contribution in [1.82, 2.24) is 10.6 Å². The average molecular weight is 332 g/mol. The van der Waals surface area contributed by atoms with Crippen LogP contribution in [0.15, 0.2) is 24.3 Å². The molecule has 0 aliphatic carbocycles. The maximum absolute atomic E-state index is 12.4. The molecule has 2 saturated heterocycles. The third kappa shape index (κ3) is 2.04. The van der Waals surface area contributed by atoms with Gasteiger partial charge in [-0.3, -0.25) is 25.0 Å². The Morgan fingerprint density at radius 3 is 2.50 bits per heavy atom. The fraction of sp³-hybridized carbons (Fsp3) is 0.471. The van der Waals surface area contributed by atoms with Gasteiger partial charge in [-0.25, -0.2) is 0 Å². The first-order valence-electron chi connectivity index (χ1n) is 7.83. The Balaban J connectivity index is 2.18. The Morgan fingerprint density at radius 2 is 1.92 bits per heavy atom. The molecular weight excluding hydrogens is 312 g/mol. The van der Waals surface area contributed by atoms with Gasteiger partial charge in [0.15, 0.2) is 0 Å². The van der Waals surface area contributed by atoms with E-state index in [2.05, 4.69) is 10.6 Å². The Morgan fingerprint density at radius 1 is 1.25 bits per heavy atom. The van der Waals surface area contributed by atoms with E-state index in [9.17, 15) is 19.5 Å². The maximum atomic E-state index is 12.4. The number of para-hydroxylation sites is 1. The fourth-order valence-corrected chi connectivity index (χ4v) is 4.03. The van der Waals surface area contributed by atoms with Gasteiger partial charge in [0.1, 0.15) is 11.3 Å². The van der Waals surface area contributed by atoms with Crippen LogP contribution in [0.4, 0.5) is 0 Å². The van der Waals surface area contributed by atoms with E-state index in [-0.39, 0.29) is 5.92 Å². The normalized spacial score (nSPS) is 31.9. The van der Waals surface area contributed by atoms with Gasteiger partial charge in [-0.2, -0.15) is 0 Å². The first-order valence-corrected chi connectivity index (χ1v) is 7.83. The smallest absolute Gasteiger partial charge is 0.325 e.